The number of hydrogen-bond donors (Lipinski definition) is 0. The average Bonchev–Trinajstić information content (AvgIpc) is 2.50. The van der Waals surface area contributed by atoms with Gasteiger partial charge < -0.3 is 4.74 Å². The second-order valence-corrected chi connectivity index (χ2v) is 5.47. The van der Waals surface area contributed by atoms with E-state index in [2.05, 4.69) is 50.9 Å². The summed E-state index contributed by atoms with van der Waals surface area (Å²) in [5.41, 5.74) is 2.70. The molecule has 0 saturated carbocycles. The Labute approximate surface area is 101 Å². The Morgan fingerprint density at radius 3 is 2.57 bits per heavy atom. The third-order valence-electron chi connectivity index (χ3n) is 2.83. The van der Waals surface area contributed by atoms with Crippen LogP contribution in [0.4, 0.5) is 0 Å². The number of rotatable bonds is 1. The molecule has 2 atom stereocenters. The summed E-state index contributed by atoms with van der Waals surface area (Å²) in [6, 6.07) is 4.17. The van der Waals surface area contributed by atoms with Crippen molar-refractivity contribution in [3.8, 4) is 0 Å². The van der Waals surface area contributed by atoms with E-state index in [-0.39, 0.29) is 6.10 Å². The monoisotopic (exact) mass is 318 g/mol. The fourth-order valence-electron chi connectivity index (χ4n) is 2.19. The van der Waals surface area contributed by atoms with Crippen molar-refractivity contribution in [2.75, 3.05) is 7.11 Å². The van der Waals surface area contributed by atoms with E-state index in [0.717, 1.165) is 10.9 Å². The highest BCUT2D eigenvalue weighted by atomic mass is 79.9. The van der Waals surface area contributed by atoms with Crippen molar-refractivity contribution in [1.82, 2.24) is 0 Å². The predicted molar refractivity (Wildman–Crippen MR) is 64.5 cm³/mol. The van der Waals surface area contributed by atoms with E-state index in [0.29, 0.717) is 5.92 Å². The summed E-state index contributed by atoms with van der Waals surface area (Å²) in [5, 5.41) is 0. The summed E-state index contributed by atoms with van der Waals surface area (Å²) in [7, 11) is 1.78. The molecule has 0 radical (unpaired) electrons. The fraction of sp³-hybridized carbons (Fsp3) is 0.455. The lowest BCUT2D eigenvalue weighted by atomic mass is 10.1. The van der Waals surface area contributed by atoms with Crippen molar-refractivity contribution in [3.05, 3.63) is 32.2 Å². The molecule has 0 aliphatic heterocycles. The van der Waals surface area contributed by atoms with Crippen molar-refractivity contribution in [3.63, 3.8) is 0 Å². The Hall–Kier alpha value is 0.140. The van der Waals surface area contributed by atoms with Gasteiger partial charge in [0.1, 0.15) is 0 Å². The average molecular weight is 320 g/mol. The van der Waals surface area contributed by atoms with Gasteiger partial charge in [-0.3, -0.25) is 0 Å². The van der Waals surface area contributed by atoms with Crippen molar-refractivity contribution in [2.24, 2.45) is 5.92 Å². The van der Waals surface area contributed by atoms with E-state index in [1.165, 1.54) is 15.6 Å². The van der Waals surface area contributed by atoms with E-state index in [1.807, 2.05) is 0 Å². The van der Waals surface area contributed by atoms with Crippen molar-refractivity contribution < 1.29 is 4.74 Å². The molecule has 1 aliphatic rings. The van der Waals surface area contributed by atoms with Crippen LogP contribution in [0.15, 0.2) is 21.1 Å². The molecule has 14 heavy (non-hydrogen) atoms. The quantitative estimate of drug-likeness (QED) is 0.757. The van der Waals surface area contributed by atoms with Gasteiger partial charge >= 0.3 is 0 Å². The van der Waals surface area contributed by atoms with Gasteiger partial charge in [-0.15, -0.1) is 0 Å². The third-order valence-corrected chi connectivity index (χ3v) is 4.26. The molecule has 0 spiro atoms. The molecule has 2 rings (SSSR count). The maximum Gasteiger partial charge on any atom is 0.0863 e. The third kappa shape index (κ3) is 1.55. The number of methoxy groups -OCH3 is 1. The predicted octanol–water partition coefficient (Wildman–Crippen LogP) is 4.09. The maximum absolute atomic E-state index is 5.53. The zero-order chi connectivity index (χ0) is 10.3. The van der Waals surface area contributed by atoms with Gasteiger partial charge in [-0.05, 0) is 35.6 Å². The molecule has 0 amide bonds. The molecule has 76 valence electrons. The fourth-order valence-corrected chi connectivity index (χ4v) is 3.29. The first-order chi connectivity index (χ1) is 6.65. The lowest BCUT2D eigenvalue weighted by molar-refractivity contribution is 0.0690. The number of hydrogen-bond acceptors (Lipinski definition) is 1. The van der Waals surface area contributed by atoms with Crippen molar-refractivity contribution in [2.45, 2.75) is 19.4 Å². The van der Waals surface area contributed by atoms with Gasteiger partial charge in [-0.25, -0.2) is 0 Å². The van der Waals surface area contributed by atoms with E-state index in [9.17, 15) is 0 Å². The first-order valence-corrected chi connectivity index (χ1v) is 6.23. The Morgan fingerprint density at radius 2 is 1.93 bits per heavy atom. The highest BCUT2D eigenvalue weighted by molar-refractivity contribution is 9.11. The van der Waals surface area contributed by atoms with Crippen LogP contribution in [-0.4, -0.2) is 7.11 Å². The molecule has 0 saturated heterocycles. The molecule has 0 N–H and O–H groups in total. The van der Waals surface area contributed by atoms with E-state index in [4.69, 9.17) is 4.74 Å². The summed E-state index contributed by atoms with van der Waals surface area (Å²) < 4.78 is 7.89. The molecule has 1 aromatic rings. The van der Waals surface area contributed by atoms with Crippen LogP contribution in [-0.2, 0) is 11.2 Å². The Bertz CT molecular complexity index is 363. The SMILES string of the molecule is CO[C@@H]1c2c(Br)ccc(Br)c2C[C@H]1C. The summed E-state index contributed by atoms with van der Waals surface area (Å²) in [6.45, 7) is 2.23. The molecule has 1 nitrogen and oxygen atoms in total. The normalized spacial score (nSPS) is 25.1. The van der Waals surface area contributed by atoms with E-state index >= 15 is 0 Å². The summed E-state index contributed by atoms with van der Waals surface area (Å²) in [4.78, 5) is 0. The first-order valence-electron chi connectivity index (χ1n) is 4.64. The number of fused-ring (bicyclic) bond motifs is 1. The van der Waals surface area contributed by atoms with Gasteiger partial charge in [0.2, 0.25) is 0 Å². The highest BCUT2D eigenvalue weighted by Crippen LogP contribution is 2.44. The molecule has 0 bridgehead atoms. The Kier molecular flexibility index (Phi) is 3.01. The van der Waals surface area contributed by atoms with Gasteiger partial charge in [0, 0.05) is 16.1 Å². The zero-order valence-electron chi connectivity index (χ0n) is 8.18. The van der Waals surface area contributed by atoms with E-state index < -0.39 is 0 Å². The molecular weight excluding hydrogens is 308 g/mol. The smallest absolute Gasteiger partial charge is 0.0863 e. The largest absolute Gasteiger partial charge is 0.376 e. The minimum atomic E-state index is 0.233. The topological polar surface area (TPSA) is 9.23 Å². The van der Waals surface area contributed by atoms with Crippen LogP contribution in [0.1, 0.15) is 24.2 Å². The molecular formula is C11H12Br2O. The first kappa shape index (κ1) is 10.7. The maximum atomic E-state index is 5.53. The molecule has 1 aliphatic carbocycles. The van der Waals surface area contributed by atoms with Crippen LogP contribution in [0.25, 0.3) is 0 Å². The van der Waals surface area contributed by atoms with Crippen LogP contribution in [0.2, 0.25) is 0 Å². The Balaban J connectivity index is 2.57. The molecule has 3 heteroatoms. The van der Waals surface area contributed by atoms with Crippen molar-refractivity contribution >= 4 is 31.9 Å². The standard InChI is InChI=1S/C11H12Br2O/c1-6-5-7-8(12)3-4-9(13)10(7)11(6)14-2/h3-4,6,11H,5H2,1-2H3/t6-,11+/m1/s1. The second kappa shape index (κ2) is 3.95. The molecule has 0 unspecified atom stereocenters. The van der Waals surface area contributed by atoms with Crippen LogP contribution in [0, 0.1) is 5.92 Å². The van der Waals surface area contributed by atoms with Crippen LogP contribution in [0.5, 0.6) is 0 Å². The number of benzene rings is 1. The van der Waals surface area contributed by atoms with Crippen molar-refractivity contribution in [1.29, 1.82) is 0 Å². The summed E-state index contributed by atoms with van der Waals surface area (Å²) in [5.74, 6) is 0.560. The minimum Gasteiger partial charge on any atom is -0.376 e. The molecule has 1 aromatic carbocycles. The minimum absolute atomic E-state index is 0.233. The summed E-state index contributed by atoms with van der Waals surface area (Å²) in [6.07, 6.45) is 1.32. The van der Waals surface area contributed by atoms with Gasteiger partial charge in [0.05, 0.1) is 6.10 Å². The Morgan fingerprint density at radius 1 is 1.29 bits per heavy atom. The lowest BCUT2D eigenvalue weighted by Crippen LogP contribution is -2.05. The molecule has 0 fully saturated rings. The van der Waals surface area contributed by atoms with Gasteiger partial charge in [-0.2, -0.15) is 0 Å². The van der Waals surface area contributed by atoms with Crippen LogP contribution in [0.3, 0.4) is 0 Å². The highest BCUT2D eigenvalue weighted by Gasteiger charge is 2.32. The number of ether oxygens (including phenoxy) is 1. The van der Waals surface area contributed by atoms with Gasteiger partial charge in [-0.1, -0.05) is 38.8 Å². The molecule has 0 aromatic heterocycles. The van der Waals surface area contributed by atoms with Crippen LogP contribution >= 0.6 is 31.9 Å². The zero-order valence-corrected chi connectivity index (χ0v) is 11.4. The number of halogens is 2. The summed E-state index contributed by atoms with van der Waals surface area (Å²) >= 11 is 7.18. The second-order valence-electron chi connectivity index (χ2n) is 3.76. The van der Waals surface area contributed by atoms with Gasteiger partial charge in [0.15, 0.2) is 0 Å². The molecule has 0 heterocycles. The van der Waals surface area contributed by atoms with E-state index in [1.54, 1.807) is 7.11 Å². The lowest BCUT2D eigenvalue weighted by Gasteiger charge is -2.15. The van der Waals surface area contributed by atoms with Gasteiger partial charge in [0.25, 0.3) is 0 Å². The van der Waals surface area contributed by atoms with Crippen LogP contribution < -0.4 is 0 Å².